The van der Waals surface area contributed by atoms with E-state index in [4.69, 9.17) is 30.1 Å². The van der Waals surface area contributed by atoms with Gasteiger partial charge >= 0.3 is 77.0 Å². The average molecular weight is 665 g/mol. The number of carbonyl (C=O) groups excluding carboxylic acids is 2. The van der Waals surface area contributed by atoms with Crippen LogP contribution in [0.5, 0.6) is 0 Å². The Balaban J connectivity index is -0.000000156. The molecule has 242 valence electrons. The Kier molecular flexibility index (Phi) is 37.4. The second kappa shape index (κ2) is 31.1. The van der Waals surface area contributed by atoms with Gasteiger partial charge in [0.15, 0.2) is 10.9 Å². The van der Waals surface area contributed by atoms with Crippen molar-refractivity contribution in [3.63, 3.8) is 0 Å². The number of aliphatic hydroxyl groups is 2. The molecule has 0 aliphatic carbocycles. The van der Waals surface area contributed by atoms with Crippen molar-refractivity contribution in [2.75, 3.05) is 19.8 Å². The summed E-state index contributed by atoms with van der Waals surface area (Å²) in [5.41, 5.74) is -2.86. The first-order valence-corrected chi connectivity index (χ1v) is 14.4. The van der Waals surface area contributed by atoms with Crippen LogP contribution in [0, 0.1) is 0 Å². The number of unbranched alkanes of at least 4 members (excludes halogenated alkanes) is 9. The van der Waals surface area contributed by atoms with E-state index in [0.29, 0.717) is 6.61 Å². The molecule has 19 heteroatoms. The molecule has 16 nitrogen and oxygen atoms in total. The topological polar surface area (TPSA) is 300 Å². The second-order valence-corrected chi connectivity index (χ2v) is 10.5. The van der Waals surface area contributed by atoms with Gasteiger partial charge in [-0.25, -0.2) is 4.79 Å². The summed E-state index contributed by atoms with van der Waals surface area (Å²) >= 11 is 0. The van der Waals surface area contributed by atoms with Crippen molar-refractivity contribution in [1.29, 1.82) is 0 Å². The van der Waals surface area contributed by atoms with Gasteiger partial charge in [-0.2, -0.15) is 8.42 Å². The molecule has 1 atom stereocenters. The number of aliphatic hydroxyl groups excluding tert-OH is 1. The summed E-state index contributed by atoms with van der Waals surface area (Å²) in [5.74, 6) is -9.15. The van der Waals surface area contributed by atoms with Crippen LogP contribution < -0.4 is 69.3 Å². The van der Waals surface area contributed by atoms with Gasteiger partial charge in [0.1, 0.15) is 0 Å². The van der Waals surface area contributed by atoms with Crippen molar-refractivity contribution < 1.29 is 137 Å². The van der Waals surface area contributed by atoms with Gasteiger partial charge in [0.05, 0.1) is 19.6 Å². The van der Waals surface area contributed by atoms with Crippen molar-refractivity contribution in [2.24, 2.45) is 0 Å². The molecule has 0 aromatic rings. The minimum absolute atomic E-state index is 0. The minimum Gasteiger partial charge on any atom is -0.550 e. The molecular formula is C24H42Na2O16S. The summed E-state index contributed by atoms with van der Waals surface area (Å²) in [5, 5.41) is 59.7. The molecule has 0 aromatic carbocycles. The van der Waals surface area contributed by atoms with Crippen LogP contribution in [0.15, 0.2) is 0 Å². The average Bonchev–Trinajstić information content (AvgIpc) is 3.70. The van der Waals surface area contributed by atoms with Crippen LogP contribution >= 0.6 is 0 Å². The molecule has 0 bridgehead atoms. The van der Waals surface area contributed by atoms with Crippen LogP contribution in [0.3, 0.4) is 0 Å². The van der Waals surface area contributed by atoms with Crippen LogP contribution in [-0.2, 0) is 38.8 Å². The monoisotopic (exact) mass is 664 g/mol. The molecule has 1 heterocycles. The molecule has 0 amide bonds. The van der Waals surface area contributed by atoms with Gasteiger partial charge in [-0.1, -0.05) is 64.7 Å². The molecule has 0 saturated carbocycles. The van der Waals surface area contributed by atoms with E-state index in [1.807, 2.05) is 0 Å². The first-order chi connectivity index (χ1) is 18.9. The number of hydrogen-bond donors (Lipinski definition) is 6. The Morgan fingerprint density at radius 3 is 1.33 bits per heavy atom. The van der Waals surface area contributed by atoms with Crippen molar-refractivity contribution in [2.45, 2.75) is 101 Å². The van der Waals surface area contributed by atoms with E-state index in [2.05, 4.69) is 11.7 Å². The van der Waals surface area contributed by atoms with E-state index in [9.17, 15) is 42.6 Å². The van der Waals surface area contributed by atoms with Gasteiger partial charge in [-0.3, -0.25) is 14.1 Å². The van der Waals surface area contributed by atoms with Crippen molar-refractivity contribution in [1.82, 2.24) is 0 Å². The van der Waals surface area contributed by atoms with E-state index in [0.717, 1.165) is 19.6 Å². The van der Waals surface area contributed by atoms with E-state index >= 15 is 0 Å². The second-order valence-electron chi connectivity index (χ2n) is 8.89. The number of rotatable bonds is 19. The number of epoxide rings is 1. The Bertz CT molecular complexity index is 852. The largest absolute Gasteiger partial charge is 1.00 e. The number of aliphatic carboxylic acids is 5. The fraction of sp³-hybridized carbons (Fsp3) is 0.792. The van der Waals surface area contributed by atoms with Crippen LogP contribution in [0.1, 0.15) is 90.4 Å². The zero-order valence-electron chi connectivity index (χ0n) is 25.1. The van der Waals surface area contributed by atoms with Gasteiger partial charge in [0, 0.05) is 31.4 Å². The summed E-state index contributed by atoms with van der Waals surface area (Å²) < 4.78 is 33.2. The van der Waals surface area contributed by atoms with Crippen molar-refractivity contribution in [3.8, 4) is 0 Å². The molecule has 1 fully saturated rings. The summed E-state index contributed by atoms with van der Waals surface area (Å²) in [6, 6.07) is 0. The fourth-order valence-corrected chi connectivity index (χ4v) is 3.38. The SMILES string of the molecule is C1CO1.CCCCCCCCCCCCO.O=C(O)CC(C(=O)O)S(=O)(=O)O.O=C([O-])CC(O)(CC(=O)[O-])C(=O)O.[Na+].[Na+]. The molecule has 1 aliphatic heterocycles. The zero-order valence-corrected chi connectivity index (χ0v) is 29.9. The molecular weight excluding hydrogens is 622 g/mol. The van der Waals surface area contributed by atoms with Crippen LogP contribution in [0.25, 0.3) is 0 Å². The molecule has 1 saturated heterocycles. The van der Waals surface area contributed by atoms with Gasteiger partial charge < -0.3 is 50.1 Å². The molecule has 0 spiro atoms. The van der Waals surface area contributed by atoms with E-state index in [1.165, 1.54) is 57.8 Å². The standard InChI is InChI=1S/C12H26O.C6H8O7.C4H6O7S.C2H4O.2Na/c1-2-3-4-5-6-7-8-9-10-11-12-13;7-3(8)1-6(13,5(11)12)2-4(9)10;5-3(6)1-2(4(7)8)12(9,10)11;1-2-3-1;;/h13H,2-12H2,1H3;13H,1-2H2,(H,7,8)(H,9,10)(H,11,12);2H,1H2,(H,5,6)(H,7,8)(H,9,10,11);1-2H2;;/q;;;;2*+1/p-2. The Labute approximate surface area is 295 Å². The van der Waals surface area contributed by atoms with E-state index in [-0.39, 0.29) is 59.1 Å². The normalized spacial score (nSPS) is 12.0. The van der Waals surface area contributed by atoms with Crippen LogP contribution in [0.4, 0.5) is 0 Å². The molecule has 0 aromatic heterocycles. The number of carbonyl (C=O) groups is 5. The van der Waals surface area contributed by atoms with Gasteiger partial charge in [-0.05, 0) is 6.42 Å². The molecule has 6 N–H and O–H groups in total. The summed E-state index contributed by atoms with van der Waals surface area (Å²) in [4.78, 5) is 50.2. The molecule has 1 unspecified atom stereocenters. The predicted molar refractivity (Wildman–Crippen MR) is 137 cm³/mol. The van der Waals surface area contributed by atoms with Crippen LogP contribution in [0.2, 0.25) is 0 Å². The predicted octanol–water partition coefficient (Wildman–Crippen LogP) is -7.19. The third-order valence-electron chi connectivity index (χ3n) is 4.98. The summed E-state index contributed by atoms with van der Waals surface area (Å²) in [6.45, 7) is 4.63. The Morgan fingerprint density at radius 1 is 0.791 bits per heavy atom. The Morgan fingerprint density at radius 2 is 1.14 bits per heavy atom. The molecule has 1 aliphatic rings. The smallest absolute Gasteiger partial charge is 0.550 e. The number of carboxylic acids is 5. The number of ether oxygens (including phenoxy) is 1. The zero-order chi connectivity index (χ0) is 32.5. The quantitative estimate of drug-likeness (QED) is 0.0323. The maximum atomic E-state index is 10.3. The van der Waals surface area contributed by atoms with Crippen molar-refractivity contribution in [3.05, 3.63) is 0 Å². The van der Waals surface area contributed by atoms with Gasteiger partial charge in [-0.15, -0.1) is 0 Å². The maximum absolute atomic E-state index is 10.3. The van der Waals surface area contributed by atoms with Crippen LogP contribution in [-0.4, -0.2) is 99.0 Å². The first kappa shape index (κ1) is 51.7. The van der Waals surface area contributed by atoms with Gasteiger partial charge in [0.2, 0.25) is 0 Å². The minimum atomic E-state index is -4.84. The third kappa shape index (κ3) is 39.1. The first-order valence-electron chi connectivity index (χ1n) is 12.9. The van der Waals surface area contributed by atoms with E-state index < -0.39 is 70.1 Å². The third-order valence-corrected chi connectivity index (χ3v) is 6.07. The Hall–Kier alpha value is -0.860. The maximum Gasteiger partial charge on any atom is 1.00 e. The number of carboxylic acid groups (broad SMARTS) is 5. The fourth-order valence-electron chi connectivity index (χ4n) is 2.77. The molecule has 1 rings (SSSR count). The molecule has 43 heavy (non-hydrogen) atoms. The van der Waals surface area contributed by atoms with Gasteiger partial charge in [0.25, 0.3) is 10.1 Å². The summed E-state index contributed by atoms with van der Waals surface area (Å²) in [6.07, 6.45) is 9.55. The van der Waals surface area contributed by atoms with E-state index in [1.54, 1.807) is 0 Å². The number of hydrogen-bond acceptors (Lipinski definition) is 12. The van der Waals surface area contributed by atoms with Crippen molar-refractivity contribution >= 4 is 40.0 Å². The summed E-state index contributed by atoms with van der Waals surface area (Å²) in [7, 11) is -4.84. The molecule has 0 radical (unpaired) electrons.